The van der Waals surface area contributed by atoms with Crippen molar-refractivity contribution in [1.82, 2.24) is 4.90 Å². The lowest BCUT2D eigenvalue weighted by Gasteiger charge is -2.12. The molecule has 4 rings (SSSR count). The number of carbonyl (C=O) groups is 2. The number of benzene rings is 3. The maximum absolute atomic E-state index is 12.8. The number of ether oxygens (including phenoxy) is 2. The second kappa shape index (κ2) is 10.4. The Balaban J connectivity index is 1.37. The molecular formula is C25H20ClNO4S. The lowest BCUT2D eigenvalue weighted by molar-refractivity contribution is -0.123. The SMILES string of the molecule is O=C1S/C(=C\c2cccc(OCCOc3ccccc3)c2)C(=O)N1Cc1cccc(Cl)c1. The zero-order valence-electron chi connectivity index (χ0n) is 17.1. The van der Waals surface area contributed by atoms with Crippen LogP contribution in [-0.2, 0) is 11.3 Å². The maximum Gasteiger partial charge on any atom is 0.293 e. The summed E-state index contributed by atoms with van der Waals surface area (Å²) in [5.74, 6) is 1.13. The third-order valence-electron chi connectivity index (χ3n) is 4.62. The number of hydrogen-bond acceptors (Lipinski definition) is 5. The van der Waals surface area contributed by atoms with Crippen molar-refractivity contribution in [2.24, 2.45) is 0 Å². The molecule has 0 radical (unpaired) electrons. The van der Waals surface area contributed by atoms with Crippen molar-refractivity contribution in [3.05, 3.63) is 99.9 Å². The molecule has 1 aliphatic rings. The van der Waals surface area contributed by atoms with Gasteiger partial charge in [-0.1, -0.05) is 54.1 Å². The lowest BCUT2D eigenvalue weighted by Crippen LogP contribution is -2.27. The van der Waals surface area contributed by atoms with Gasteiger partial charge in [0.25, 0.3) is 11.1 Å². The molecule has 0 saturated carbocycles. The Bertz CT molecular complexity index is 1150. The first-order valence-corrected chi connectivity index (χ1v) is 11.2. The predicted molar refractivity (Wildman–Crippen MR) is 127 cm³/mol. The van der Waals surface area contributed by atoms with E-state index in [1.54, 1.807) is 24.3 Å². The minimum Gasteiger partial charge on any atom is -0.490 e. The minimum absolute atomic E-state index is 0.188. The number of amides is 2. The first kappa shape index (κ1) is 22.0. The molecule has 162 valence electrons. The van der Waals surface area contributed by atoms with E-state index in [9.17, 15) is 9.59 Å². The molecule has 0 spiro atoms. The van der Waals surface area contributed by atoms with Crippen molar-refractivity contribution in [3.63, 3.8) is 0 Å². The second-order valence-electron chi connectivity index (χ2n) is 6.98. The highest BCUT2D eigenvalue weighted by atomic mass is 35.5. The number of carbonyl (C=O) groups excluding carboxylic acids is 2. The minimum atomic E-state index is -0.317. The summed E-state index contributed by atoms with van der Waals surface area (Å²) >= 11 is 6.94. The summed E-state index contributed by atoms with van der Waals surface area (Å²) < 4.78 is 11.4. The molecule has 1 heterocycles. The number of thioether (sulfide) groups is 1. The zero-order valence-corrected chi connectivity index (χ0v) is 18.6. The Kier molecular flexibility index (Phi) is 7.14. The molecule has 5 nitrogen and oxygen atoms in total. The topological polar surface area (TPSA) is 55.8 Å². The van der Waals surface area contributed by atoms with E-state index in [-0.39, 0.29) is 17.7 Å². The van der Waals surface area contributed by atoms with Crippen molar-refractivity contribution in [2.45, 2.75) is 6.54 Å². The molecule has 2 amide bonds. The standard InChI is InChI=1S/C25H20ClNO4S/c26-20-8-4-7-19(14-20)17-27-24(28)23(32-25(27)29)16-18-6-5-11-22(15-18)31-13-12-30-21-9-2-1-3-10-21/h1-11,14-16H,12-13,17H2/b23-16-. The van der Waals surface area contributed by atoms with E-state index in [0.717, 1.165) is 28.6 Å². The van der Waals surface area contributed by atoms with Crippen LogP contribution in [0, 0.1) is 0 Å². The van der Waals surface area contributed by atoms with Gasteiger partial charge in [0.1, 0.15) is 24.7 Å². The molecule has 0 aromatic heterocycles. The van der Waals surface area contributed by atoms with Gasteiger partial charge in [-0.05, 0) is 65.4 Å². The fraction of sp³-hybridized carbons (Fsp3) is 0.120. The average molecular weight is 466 g/mol. The highest BCUT2D eigenvalue weighted by Crippen LogP contribution is 2.34. The monoisotopic (exact) mass is 465 g/mol. The van der Waals surface area contributed by atoms with Gasteiger partial charge in [0, 0.05) is 5.02 Å². The van der Waals surface area contributed by atoms with Crippen molar-refractivity contribution in [1.29, 1.82) is 0 Å². The highest BCUT2D eigenvalue weighted by molar-refractivity contribution is 8.18. The number of imide groups is 1. The number of nitrogens with zero attached hydrogens (tertiary/aromatic N) is 1. The normalized spacial score (nSPS) is 14.8. The van der Waals surface area contributed by atoms with Crippen molar-refractivity contribution in [2.75, 3.05) is 13.2 Å². The van der Waals surface area contributed by atoms with Crippen LogP contribution in [-0.4, -0.2) is 29.3 Å². The number of hydrogen-bond donors (Lipinski definition) is 0. The summed E-state index contributed by atoms with van der Waals surface area (Å²) in [5, 5.41) is 0.266. The Morgan fingerprint density at radius 3 is 2.34 bits per heavy atom. The van der Waals surface area contributed by atoms with Crippen LogP contribution < -0.4 is 9.47 Å². The maximum atomic E-state index is 12.8. The van der Waals surface area contributed by atoms with Crippen molar-refractivity contribution < 1.29 is 19.1 Å². The summed E-state index contributed by atoms with van der Waals surface area (Å²) in [5.41, 5.74) is 1.58. The van der Waals surface area contributed by atoms with Gasteiger partial charge in [-0.3, -0.25) is 14.5 Å². The Labute approximate surface area is 195 Å². The van der Waals surface area contributed by atoms with Crippen LogP contribution in [0.1, 0.15) is 11.1 Å². The molecule has 0 N–H and O–H groups in total. The van der Waals surface area contributed by atoms with Crippen LogP contribution in [0.5, 0.6) is 11.5 Å². The molecular weight excluding hydrogens is 446 g/mol. The zero-order chi connectivity index (χ0) is 22.3. The molecule has 3 aromatic carbocycles. The van der Waals surface area contributed by atoms with Crippen molar-refractivity contribution >= 4 is 40.6 Å². The summed E-state index contributed by atoms with van der Waals surface area (Å²) in [6.45, 7) is 0.984. The molecule has 3 aromatic rings. The molecule has 0 unspecified atom stereocenters. The van der Waals surface area contributed by atoms with E-state index < -0.39 is 0 Å². The van der Waals surface area contributed by atoms with Crippen LogP contribution in [0.3, 0.4) is 0 Å². The van der Waals surface area contributed by atoms with Gasteiger partial charge < -0.3 is 9.47 Å². The van der Waals surface area contributed by atoms with Gasteiger partial charge in [-0.2, -0.15) is 0 Å². The molecule has 0 atom stereocenters. The molecule has 0 bridgehead atoms. The van der Waals surface area contributed by atoms with E-state index in [1.165, 1.54) is 4.90 Å². The smallest absolute Gasteiger partial charge is 0.293 e. The van der Waals surface area contributed by atoms with E-state index in [1.807, 2.05) is 60.7 Å². The van der Waals surface area contributed by atoms with E-state index >= 15 is 0 Å². The van der Waals surface area contributed by atoms with Crippen LogP contribution in [0.15, 0.2) is 83.8 Å². The van der Waals surface area contributed by atoms with Gasteiger partial charge in [0.05, 0.1) is 11.4 Å². The van der Waals surface area contributed by atoms with E-state index in [4.69, 9.17) is 21.1 Å². The Hall–Kier alpha value is -3.22. The highest BCUT2D eigenvalue weighted by Gasteiger charge is 2.35. The van der Waals surface area contributed by atoms with Gasteiger partial charge in [-0.15, -0.1) is 0 Å². The number of para-hydroxylation sites is 1. The summed E-state index contributed by atoms with van der Waals surface area (Å²) in [4.78, 5) is 26.8. The van der Waals surface area contributed by atoms with E-state index in [2.05, 4.69) is 0 Å². The largest absolute Gasteiger partial charge is 0.490 e. The molecule has 32 heavy (non-hydrogen) atoms. The van der Waals surface area contributed by atoms with Gasteiger partial charge in [0.2, 0.25) is 0 Å². The second-order valence-corrected chi connectivity index (χ2v) is 8.41. The van der Waals surface area contributed by atoms with Gasteiger partial charge in [-0.25, -0.2) is 0 Å². The number of halogens is 1. The molecule has 1 aliphatic heterocycles. The summed E-state index contributed by atoms with van der Waals surface area (Å²) in [6, 6.07) is 24.0. The van der Waals surface area contributed by atoms with Gasteiger partial charge >= 0.3 is 0 Å². The fourth-order valence-corrected chi connectivity index (χ4v) is 4.19. The number of rotatable bonds is 8. The van der Waals surface area contributed by atoms with Crippen LogP contribution in [0.2, 0.25) is 5.02 Å². The third-order valence-corrected chi connectivity index (χ3v) is 5.77. The molecule has 1 saturated heterocycles. The lowest BCUT2D eigenvalue weighted by atomic mass is 10.2. The predicted octanol–water partition coefficient (Wildman–Crippen LogP) is 6.03. The van der Waals surface area contributed by atoms with Crippen LogP contribution in [0.4, 0.5) is 4.79 Å². The first-order chi connectivity index (χ1) is 15.6. The summed E-state index contributed by atoms with van der Waals surface area (Å²) in [6.07, 6.45) is 1.70. The quantitative estimate of drug-likeness (QED) is 0.300. The Morgan fingerprint density at radius 2 is 1.56 bits per heavy atom. The molecule has 1 fully saturated rings. The average Bonchev–Trinajstić information content (AvgIpc) is 3.05. The first-order valence-electron chi connectivity index (χ1n) is 9.99. The third kappa shape index (κ3) is 5.72. The van der Waals surface area contributed by atoms with Crippen molar-refractivity contribution in [3.8, 4) is 11.5 Å². The Morgan fingerprint density at radius 1 is 0.844 bits per heavy atom. The fourth-order valence-electron chi connectivity index (χ4n) is 3.14. The van der Waals surface area contributed by atoms with Crippen LogP contribution >= 0.6 is 23.4 Å². The van der Waals surface area contributed by atoms with E-state index in [0.29, 0.717) is 28.9 Å². The molecule has 0 aliphatic carbocycles. The summed E-state index contributed by atoms with van der Waals surface area (Å²) in [7, 11) is 0. The molecule has 7 heteroatoms. The van der Waals surface area contributed by atoms with Crippen LogP contribution in [0.25, 0.3) is 6.08 Å². The van der Waals surface area contributed by atoms with Gasteiger partial charge in [0.15, 0.2) is 0 Å².